The average molecular weight is 296 g/mol. The van der Waals surface area contributed by atoms with Gasteiger partial charge in [0, 0.05) is 25.5 Å². The maximum Gasteiger partial charge on any atom is 0.533 e. The van der Waals surface area contributed by atoms with Crippen LogP contribution in [0, 0.1) is 11.6 Å². The molecule has 106 valence electrons. The lowest BCUT2D eigenvalue weighted by Crippen LogP contribution is -2.52. The third-order valence-electron chi connectivity index (χ3n) is 3.00. The number of halogens is 2. The Morgan fingerprint density at radius 3 is 1.80 bits per heavy atom. The standard InChI is InChI=1S/C14H14F2O3Si/c1-18-20(17,19-2)14-5-3-10(4-6-14)11-7-12(15)9-13(16)8-11/h3-9,17H,1-2H3. The Morgan fingerprint density at radius 2 is 1.35 bits per heavy atom. The highest BCUT2D eigenvalue weighted by atomic mass is 28.4. The highest BCUT2D eigenvalue weighted by molar-refractivity contribution is 6.74. The van der Waals surface area contributed by atoms with Gasteiger partial charge >= 0.3 is 8.80 Å². The van der Waals surface area contributed by atoms with Crippen molar-refractivity contribution in [3.63, 3.8) is 0 Å². The zero-order valence-electron chi connectivity index (χ0n) is 11.1. The summed E-state index contributed by atoms with van der Waals surface area (Å²) in [5.74, 6) is -1.27. The van der Waals surface area contributed by atoms with Crippen LogP contribution >= 0.6 is 0 Å². The van der Waals surface area contributed by atoms with Crippen LogP contribution in [-0.4, -0.2) is 27.8 Å². The second-order valence-corrected chi connectivity index (χ2v) is 6.78. The predicted octanol–water partition coefficient (Wildman–Crippen LogP) is 2.06. The van der Waals surface area contributed by atoms with Gasteiger partial charge in [-0.15, -0.1) is 0 Å². The molecule has 0 saturated carbocycles. The van der Waals surface area contributed by atoms with Crippen molar-refractivity contribution in [1.82, 2.24) is 0 Å². The van der Waals surface area contributed by atoms with E-state index in [1.165, 1.54) is 26.4 Å². The molecule has 0 aliphatic rings. The molecule has 0 aromatic heterocycles. The largest absolute Gasteiger partial charge is 0.533 e. The molecule has 0 bridgehead atoms. The fraction of sp³-hybridized carbons (Fsp3) is 0.143. The second kappa shape index (κ2) is 5.80. The van der Waals surface area contributed by atoms with E-state index in [0.717, 1.165) is 6.07 Å². The van der Waals surface area contributed by atoms with E-state index < -0.39 is 20.4 Å². The first-order chi connectivity index (χ1) is 9.48. The summed E-state index contributed by atoms with van der Waals surface area (Å²) in [5, 5.41) is 0.517. The van der Waals surface area contributed by atoms with Crippen LogP contribution in [0.1, 0.15) is 0 Å². The van der Waals surface area contributed by atoms with Gasteiger partial charge < -0.3 is 13.6 Å². The van der Waals surface area contributed by atoms with E-state index in [0.29, 0.717) is 16.3 Å². The van der Waals surface area contributed by atoms with Gasteiger partial charge in [0.1, 0.15) is 11.6 Å². The molecule has 2 aromatic carbocycles. The molecular formula is C14H14F2O3Si. The summed E-state index contributed by atoms with van der Waals surface area (Å²) in [6.07, 6.45) is 0. The number of benzene rings is 2. The molecule has 20 heavy (non-hydrogen) atoms. The normalized spacial score (nSPS) is 11.7. The fourth-order valence-corrected chi connectivity index (χ4v) is 3.14. The van der Waals surface area contributed by atoms with Gasteiger partial charge in [-0.2, -0.15) is 0 Å². The minimum absolute atomic E-state index is 0.425. The van der Waals surface area contributed by atoms with E-state index in [9.17, 15) is 13.6 Å². The van der Waals surface area contributed by atoms with Crippen LogP contribution in [0.5, 0.6) is 0 Å². The van der Waals surface area contributed by atoms with Crippen LogP contribution in [0.25, 0.3) is 11.1 Å². The van der Waals surface area contributed by atoms with Crippen molar-refractivity contribution in [2.24, 2.45) is 0 Å². The Balaban J connectivity index is 2.37. The highest BCUT2D eigenvalue weighted by Crippen LogP contribution is 2.21. The molecule has 1 N–H and O–H groups in total. The lowest BCUT2D eigenvalue weighted by atomic mass is 10.1. The molecule has 0 unspecified atom stereocenters. The molecule has 0 fully saturated rings. The highest BCUT2D eigenvalue weighted by Gasteiger charge is 2.37. The number of hydrogen-bond donors (Lipinski definition) is 1. The number of hydrogen-bond acceptors (Lipinski definition) is 3. The first-order valence-electron chi connectivity index (χ1n) is 5.88. The summed E-state index contributed by atoms with van der Waals surface area (Å²) in [6, 6.07) is 9.86. The Morgan fingerprint density at radius 1 is 0.850 bits per heavy atom. The van der Waals surface area contributed by atoms with Gasteiger partial charge in [-0.3, -0.25) is 0 Å². The summed E-state index contributed by atoms with van der Waals surface area (Å²) < 4.78 is 36.4. The summed E-state index contributed by atoms with van der Waals surface area (Å²) in [7, 11) is -0.634. The van der Waals surface area contributed by atoms with Crippen LogP contribution in [0.4, 0.5) is 8.78 Å². The molecule has 2 aromatic rings. The second-order valence-electron chi connectivity index (χ2n) is 4.23. The lowest BCUT2D eigenvalue weighted by Gasteiger charge is -2.20. The zero-order chi connectivity index (χ0) is 14.8. The van der Waals surface area contributed by atoms with Gasteiger partial charge in [-0.25, -0.2) is 8.78 Å². The molecule has 3 nitrogen and oxygen atoms in total. The van der Waals surface area contributed by atoms with Crippen molar-refractivity contribution in [3.8, 4) is 11.1 Å². The smallest absolute Gasteiger partial charge is 0.386 e. The van der Waals surface area contributed by atoms with Crippen LogP contribution in [0.2, 0.25) is 0 Å². The zero-order valence-corrected chi connectivity index (χ0v) is 12.1. The SMILES string of the molecule is CO[Si](O)(OC)c1ccc(-c2cc(F)cc(F)c2)cc1. The van der Waals surface area contributed by atoms with Gasteiger partial charge in [0.25, 0.3) is 0 Å². The van der Waals surface area contributed by atoms with Crippen molar-refractivity contribution in [2.75, 3.05) is 14.2 Å². The molecule has 0 heterocycles. The van der Waals surface area contributed by atoms with Gasteiger partial charge in [-0.1, -0.05) is 24.3 Å². The maximum absolute atomic E-state index is 13.2. The fourth-order valence-electron chi connectivity index (χ4n) is 1.91. The van der Waals surface area contributed by atoms with Crippen molar-refractivity contribution >= 4 is 14.0 Å². The molecule has 0 amide bonds. The van der Waals surface area contributed by atoms with E-state index in [1.54, 1.807) is 24.3 Å². The summed E-state index contributed by atoms with van der Waals surface area (Å²) in [6.45, 7) is 0. The van der Waals surface area contributed by atoms with Crippen molar-refractivity contribution in [2.45, 2.75) is 0 Å². The van der Waals surface area contributed by atoms with Gasteiger partial charge in [-0.05, 0) is 23.3 Å². The Bertz CT molecular complexity index is 578. The Hall–Kier alpha value is -1.60. The van der Waals surface area contributed by atoms with Crippen LogP contribution < -0.4 is 5.19 Å². The number of rotatable bonds is 4. The van der Waals surface area contributed by atoms with E-state index >= 15 is 0 Å². The van der Waals surface area contributed by atoms with Crippen LogP contribution in [0.15, 0.2) is 42.5 Å². The minimum Gasteiger partial charge on any atom is -0.386 e. The van der Waals surface area contributed by atoms with E-state index in [-0.39, 0.29) is 0 Å². The first-order valence-corrected chi connectivity index (χ1v) is 7.64. The monoisotopic (exact) mass is 296 g/mol. The average Bonchev–Trinajstić information content (AvgIpc) is 2.45. The molecule has 0 radical (unpaired) electrons. The molecule has 0 saturated heterocycles. The Labute approximate surface area is 116 Å². The third kappa shape index (κ3) is 2.93. The topological polar surface area (TPSA) is 38.7 Å². The van der Waals surface area contributed by atoms with Crippen molar-refractivity contribution in [3.05, 3.63) is 54.1 Å². The van der Waals surface area contributed by atoms with Crippen molar-refractivity contribution in [1.29, 1.82) is 0 Å². The molecule has 0 aliphatic carbocycles. The van der Waals surface area contributed by atoms with Gasteiger partial charge in [0.15, 0.2) is 0 Å². The minimum atomic E-state index is -3.37. The van der Waals surface area contributed by atoms with E-state index in [4.69, 9.17) is 8.85 Å². The van der Waals surface area contributed by atoms with Crippen molar-refractivity contribution < 1.29 is 22.4 Å². The quantitative estimate of drug-likeness (QED) is 0.878. The molecule has 2 rings (SSSR count). The molecule has 6 heteroatoms. The summed E-state index contributed by atoms with van der Waals surface area (Å²) in [4.78, 5) is 10.1. The Kier molecular flexibility index (Phi) is 4.29. The van der Waals surface area contributed by atoms with Crippen LogP contribution in [-0.2, 0) is 8.85 Å². The predicted molar refractivity (Wildman–Crippen MR) is 73.4 cm³/mol. The van der Waals surface area contributed by atoms with Gasteiger partial charge in [0.2, 0.25) is 0 Å². The molecule has 0 aliphatic heterocycles. The van der Waals surface area contributed by atoms with Crippen LogP contribution in [0.3, 0.4) is 0 Å². The molecular weight excluding hydrogens is 282 g/mol. The summed E-state index contributed by atoms with van der Waals surface area (Å²) >= 11 is 0. The third-order valence-corrected chi connectivity index (χ3v) is 5.17. The van der Waals surface area contributed by atoms with Gasteiger partial charge in [0.05, 0.1) is 0 Å². The molecule has 0 spiro atoms. The molecule has 0 atom stereocenters. The van der Waals surface area contributed by atoms with E-state index in [2.05, 4.69) is 0 Å². The lowest BCUT2D eigenvalue weighted by molar-refractivity contribution is 0.169. The van der Waals surface area contributed by atoms with E-state index in [1.807, 2.05) is 0 Å². The first kappa shape index (κ1) is 14.8. The maximum atomic E-state index is 13.2. The summed E-state index contributed by atoms with van der Waals surface area (Å²) in [5.41, 5.74) is 1.06.